The normalized spacial score (nSPS) is 25.0. The number of aliphatic hydroxyl groups is 2. The zero-order valence-electron chi connectivity index (χ0n) is 8.65. The summed E-state index contributed by atoms with van der Waals surface area (Å²) in [5.41, 5.74) is -0.429. The molecule has 2 N–H and O–H groups in total. The summed E-state index contributed by atoms with van der Waals surface area (Å²) in [4.78, 5) is 0. The van der Waals surface area contributed by atoms with E-state index in [0.717, 1.165) is 25.7 Å². The van der Waals surface area contributed by atoms with Crippen molar-refractivity contribution in [2.24, 2.45) is 5.41 Å². The smallest absolute Gasteiger partial charge is 0.0802 e. The summed E-state index contributed by atoms with van der Waals surface area (Å²) in [7, 11) is 0. The quantitative estimate of drug-likeness (QED) is 0.675. The van der Waals surface area contributed by atoms with Crippen molar-refractivity contribution in [2.45, 2.75) is 44.3 Å². The number of hydrogen-bond acceptors (Lipinski definition) is 2. The highest BCUT2D eigenvalue weighted by atomic mass is 16.3. The van der Waals surface area contributed by atoms with Crippen LogP contribution in [0, 0.1) is 5.41 Å². The van der Waals surface area contributed by atoms with E-state index in [9.17, 15) is 10.2 Å². The average Bonchev–Trinajstić information content (AvgIpc) is 2.27. The van der Waals surface area contributed by atoms with Crippen LogP contribution in [0.4, 0.5) is 0 Å². The van der Waals surface area contributed by atoms with E-state index in [1.54, 1.807) is 0 Å². The summed E-state index contributed by atoms with van der Waals surface area (Å²) in [6, 6.07) is 0. The molecule has 2 atom stereocenters. The van der Waals surface area contributed by atoms with Crippen molar-refractivity contribution < 1.29 is 10.2 Å². The third-order valence-corrected chi connectivity index (χ3v) is 3.41. The molecule has 1 fully saturated rings. The first-order valence-electron chi connectivity index (χ1n) is 5.28. The molecule has 2 unspecified atom stereocenters. The molecule has 0 aromatic rings. The lowest BCUT2D eigenvalue weighted by atomic mass is 9.66. The van der Waals surface area contributed by atoms with Gasteiger partial charge < -0.3 is 10.2 Å². The lowest BCUT2D eigenvalue weighted by molar-refractivity contribution is -0.0512. The van der Waals surface area contributed by atoms with Crippen molar-refractivity contribution in [3.63, 3.8) is 0 Å². The van der Waals surface area contributed by atoms with Crippen molar-refractivity contribution in [1.29, 1.82) is 0 Å². The molecule has 0 spiro atoms. The van der Waals surface area contributed by atoms with Crippen LogP contribution < -0.4 is 0 Å². The minimum atomic E-state index is -0.629. The fourth-order valence-electron chi connectivity index (χ4n) is 2.45. The van der Waals surface area contributed by atoms with Gasteiger partial charge in [0.15, 0.2) is 0 Å². The summed E-state index contributed by atoms with van der Waals surface area (Å²) in [5, 5.41) is 19.8. The Bertz CT molecular complexity index is 188. The molecule has 1 aliphatic carbocycles. The molecule has 0 radical (unpaired) electrons. The van der Waals surface area contributed by atoms with Crippen LogP contribution in [-0.4, -0.2) is 22.4 Å². The first-order chi connectivity index (χ1) is 6.67. The predicted molar refractivity (Wildman–Crippen MR) is 57.9 cm³/mol. The SMILES string of the molecule is C=CC(O)C1(C(O)C=C)CCCCC1. The van der Waals surface area contributed by atoms with E-state index in [2.05, 4.69) is 13.2 Å². The molecule has 0 heterocycles. The van der Waals surface area contributed by atoms with E-state index >= 15 is 0 Å². The number of aliphatic hydroxyl groups excluding tert-OH is 2. The van der Waals surface area contributed by atoms with Crippen LogP contribution in [0.1, 0.15) is 32.1 Å². The number of rotatable bonds is 4. The second kappa shape index (κ2) is 4.76. The first-order valence-corrected chi connectivity index (χ1v) is 5.28. The molecule has 0 amide bonds. The zero-order chi connectivity index (χ0) is 10.6. The van der Waals surface area contributed by atoms with Crippen LogP contribution in [0.15, 0.2) is 25.3 Å². The van der Waals surface area contributed by atoms with Gasteiger partial charge in [-0.05, 0) is 12.8 Å². The molecule has 14 heavy (non-hydrogen) atoms. The second-order valence-corrected chi connectivity index (χ2v) is 4.15. The second-order valence-electron chi connectivity index (χ2n) is 4.15. The molecule has 0 aliphatic heterocycles. The first kappa shape index (κ1) is 11.5. The minimum Gasteiger partial charge on any atom is -0.388 e. The minimum absolute atomic E-state index is 0.429. The lowest BCUT2D eigenvalue weighted by Gasteiger charge is -2.42. The van der Waals surface area contributed by atoms with Gasteiger partial charge in [-0.15, -0.1) is 13.2 Å². The van der Waals surface area contributed by atoms with Gasteiger partial charge in [0, 0.05) is 5.41 Å². The third-order valence-electron chi connectivity index (χ3n) is 3.41. The molecule has 0 saturated heterocycles. The summed E-state index contributed by atoms with van der Waals surface area (Å²) in [5.74, 6) is 0. The lowest BCUT2D eigenvalue weighted by Crippen LogP contribution is -2.45. The van der Waals surface area contributed by atoms with Crippen LogP contribution >= 0.6 is 0 Å². The fourth-order valence-corrected chi connectivity index (χ4v) is 2.45. The molecular formula is C12H20O2. The molecular weight excluding hydrogens is 176 g/mol. The van der Waals surface area contributed by atoms with Gasteiger partial charge in [0.1, 0.15) is 0 Å². The fraction of sp³-hybridized carbons (Fsp3) is 0.667. The van der Waals surface area contributed by atoms with Gasteiger partial charge in [-0.3, -0.25) is 0 Å². The Balaban J connectivity index is 2.86. The molecule has 2 heteroatoms. The largest absolute Gasteiger partial charge is 0.388 e. The topological polar surface area (TPSA) is 40.5 Å². The Morgan fingerprint density at radius 1 is 0.929 bits per heavy atom. The van der Waals surface area contributed by atoms with Gasteiger partial charge in [-0.2, -0.15) is 0 Å². The van der Waals surface area contributed by atoms with E-state index < -0.39 is 17.6 Å². The number of hydrogen-bond donors (Lipinski definition) is 2. The molecule has 0 aromatic heterocycles. The van der Waals surface area contributed by atoms with Crippen LogP contribution in [0.5, 0.6) is 0 Å². The van der Waals surface area contributed by atoms with Crippen LogP contribution in [0.3, 0.4) is 0 Å². The predicted octanol–water partition coefficient (Wildman–Crippen LogP) is 2.03. The summed E-state index contributed by atoms with van der Waals surface area (Å²) in [6.07, 6.45) is 6.82. The third kappa shape index (κ3) is 1.91. The van der Waals surface area contributed by atoms with Gasteiger partial charge in [0.05, 0.1) is 12.2 Å². The summed E-state index contributed by atoms with van der Waals surface area (Å²) >= 11 is 0. The maximum absolute atomic E-state index is 9.91. The molecule has 1 aliphatic rings. The molecule has 2 nitrogen and oxygen atoms in total. The Kier molecular flexibility index (Phi) is 3.90. The highest BCUT2D eigenvalue weighted by molar-refractivity contribution is 5.05. The van der Waals surface area contributed by atoms with Crippen LogP contribution in [0.25, 0.3) is 0 Å². The van der Waals surface area contributed by atoms with E-state index in [4.69, 9.17) is 0 Å². The monoisotopic (exact) mass is 196 g/mol. The van der Waals surface area contributed by atoms with Crippen molar-refractivity contribution >= 4 is 0 Å². The van der Waals surface area contributed by atoms with Gasteiger partial charge in [0.25, 0.3) is 0 Å². The molecule has 1 rings (SSSR count). The Morgan fingerprint density at radius 2 is 1.36 bits per heavy atom. The van der Waals surface area contributed by atoms with E-state index in [1.807, 2.05) is 0 Å². The van der Waals surface area contributed by atoms with E-state index in [-0.39, 0.29) is 0 Å². The van der Waals surface area contributed by atoms with Gasteiger partial charge >= 0.3 is 0 Å². The Hall–Kier alpha value is -0.600. The van der Waals surface area contributed by atoms with Crippen molar-refractivity contribution in [2.75, 3.05) is 0 Å². The molecule has 0 aromatic carbocycles. The molecule has 80 valence electrons. The van der Waals surface area contributed by atoms with Crippen LogP contribution in [-0.2, 0) is 0 Å². The van der Waals surface area contributed by atoms with Gasteiger partial charge in [-0.25, -0.2) is 0 Å². The Labute approximate surface area is 86.0 Å². The van der Waals surface area contributed by atoms with Crippen molar-refractivity contribution in [3.05, 3.63) is 25.3 Å². The van der Waals surface area contributed by atoms with Crippen molar-refractivity contribution in [1.82, 2.24) is 0 Å². The average molecular weight is 196 g/mol. The van der Waals surface area contributed by atoms with E-state index in [0.29, 0.717) is 0 Å². The zero-order valence-corrected chi connectivity index (χ0v) is 8.65. The standard InChI is InChI=1S/C12H20O2/c1-3-10(13)12(11(14)4-2)8-6-5-7-9-12/h3-4,10-11,13-14H,1-2,5-9H2. The molecule has 0 bridgehead atoms. The maximum atomic E-state index is 9.91. The highest BCUT2D eigenvalue weighted by Crippen LogP contribution is 2.43. The molecule has 1 saturated carbocycles. The van der Waals surface area contributed by atoms with Gasteiger partial charge in [0.2, 0.25) is 0 Å². The summed E-state index contributed by atoms with van der Waals surface area (Å²) < 4.78 is 0. The Morgan fingerprint density at radius 3 is 1.71 bits per heavy atom. The van der Waals surface area contributed by atoms with E-state index in [1.165, 1.54) is 18.6 Å². The highest BCUT2D eigenvalue weighted by Gasteiger charge is 2.42. The van der Waals surface area contributed by atoms with Crippen molar-refractivity contribution in [3.8, 4) is 0 Å². The summed E-state index contributed by atoms with van der Waals surface area (Å²) in [6.45, 7) is 7.20. The van der Waals surface area contributed by atoms with Crippen LogP contribution in [0.2, 0.25) is 0 Å². The van der Waals surface area contributed by atoms with Gasteiger partial charge in [-0.1, -0.05) is 31.4 Å². The maximum Gasteiger partial charge on any atom is 0.0802 e.